The molecule has 17 heavy (non-hydrogen) atoms. The molecule has 1 aromatic carbocycles. The minimum atomic E-state index is 1.23. The van der Waals surface area contributed by atoms with Gasteiger partial charge in [-0.05, 0) is 0 Å². The van der Waals surface area contributed by atoms with E-state index in [4.69, 9.17) is 0 Å². The molecule has 0 saturated carbocycles. The van der Waals surface area contributed by atoms with E-state index in [-0.39, 0.29) is 0 Å². The van der Waals surface area contributed by atoms with E-state index >= 15 is 0 Å². The summed E-state index contributed by atoms with van der Waals surface area (Å²) in [4.78, 5) is 0. The normalized spacial score (nSPS) is 10.6. The zero-order valence-corrected chi connectivity index (χ0v) is 12.8. The Morgan fingerprint density at radius 1 is 0.824 bits per heavy atom. The van der Waals surface area contributed by atoms with Crippen LogP contribution < -0.4 is 4.46 Å². The van der Waals surface area contributed by atoms with Crippen molar-refractivity contribution in [3.05, 3.63) is 29.8 Å². The van der Waals surface area contributed by atoms with Gasteiger partial charge in [0.2, 0.25) is 0 Å². The molecule has 0 aromatic heterocycles. The summed E-state index contributed by atoms with van der Waals surface area (Å²) in [6, 6.07) is 8.65. The van der Waals surface area contributed by atoms with Gasteiger partial charge in [0.05, 0.1) is 0 Å². The summed E-state index contributed by atoms with van der Waals surface area (Å²) in [7, 11) is 0. The zero-order chi connectivity index (χ0) is 12.3. The molecule has 1 rings (SSSR count). The molecule has 1 aromatic rings. The van der Waals surface area contributed by atoms with Crippen LogP contribution in [0.15, 0.2) is 24.3 Å². The molecule has 0 spiro atoms. The average Bonchev–Trinajstić information content (AvgIpc) is 2.35. The molecule has 0 amide bonds. The van der Waals surface area contributed by atoms with Crippen LogP contribution in [-0.4, -0.2) is 16.0 Å². The number of unbranched alkanes of at least 4 members (excludes halogenated alkanes) is 7. The van der Waals surface area contributed by atoms with Crippen molar-refractivity contribution < 1.29 is 0 Å². The summed E-state index contributed by atoms with van der Waals surface area (Å²) in [6.45, 7) is 2.28. The third kappa shape index (κ3) is 6.91. The Morgan fingerprint density at radius 2 is 1.41 bits per heavy atom. The Morgan fingerprint density at radius 3 is 2.06 bits per heavy atom. The van der Waals surface area contributed by atoms with Crippen molar-refractivity contribution in [1.82, 2.24) is 0 Å². The van der Waals surface area contributed by atoms with E-state index in [0.717, 1.165) is 0 Å². The van der Waals surface area contributed by atoms with Crippen LogP contribution in [0.4, 0.5) is 0 Å². The molecule has 95 valence electrons. The molecule has 0 bridgehead atoms. The molecule has 0 nitrogen and oxygen atoms in total. The maximum absolute atomic E-state index is 3.15. The van der Waals surface area contributed by atoms with Crippen LogP contribution in [0.3, 0.4) is 0 Å². The van der Waals surface area contributed by atoms with Crippen molar-refractivity contribution in [1.29, 1.82) is 0 Å². The van der Waals surface area contributed by atoms with E-state index in [0.29, 0.717) is 0 Å². The molecule has 1 heteroatoms. The van der Waals surface area contributed by atoms with Crippen molar-refractivity contribution in [3.63, 3.8) is 0 Å². The Kier molecular flexibility index (Phi) is 8.48. The number of aryl methyl sites for hydroxylation is 1. The third-order valence-electron chi connectivity index (χ3n) is 3.27. The summed E-state index contributed by atoms with van der Waals surface area (Å²) in [5.41, 5.74) is 1.48. The van der Waals surface area contributed by atoms with Crippen LogP contribution >= 0.6 is 0 Å². The molecular formula is C16H25Se. The van der Waals surface area contributed by atoms with Crippen molar-refractivity contribution in [2.24, 2.45) is 0 Å². The summed E-state index contributed by atoms with van der Waals surface area (Å²) in [6.07, 6.45) is 12.4. The standard InChI is InChI=1S/C16H25Se/c1-2-3-4-5-6-7-8-9-12-15-13-10-11-14-16(15)17/h10-11,13-14H,2-9,12H2,1H3. The van der Waals surface area contributed by atoms with E-state index in [9.17, 15) is 0 Å². The number of rotatable bonds is 9. The molecule has 0 atom stereocenters. The van der Waals surface area contributed by atoms with Gasteiger partial charge in [-0.25, -0.2) is 0 Å². The first-order valence-electron chi connectivity index (χ1n) is 7.09. The second-order valence-electron chi connectivity index (χ2n) is 4.83. The number of benzene rings is 1. The Labute approximate surface area is 115 Å². The molecule has 0 aliphatic heterocycles. The Balaban J connectivity index is 1.99. The molecule has 0 heterocycles. The fourth-order valence-electron chi connectivity index (χ4n) is 2.16. The summed E-state index contributed by atoms with van der Waals surface area (Å²) < 4.78 is 1.33. The molecule has 0 fully saturated rings. The first-order valence-corrected chi connectivity index (χ1v) is 7.95. The third-order valence-corrected chi connectivity index (χ3v) is 4.11. The van der Waals surface area contributed by atoms with Crippen molar-refractivity contribution >= 4 is 20.5 Å². The van der Waals surface area contributed by atoms with Gasteiger partial charge in [0.1, 0.15) is 0 Å². The van der Waals surface area contributed by atoms with Crippen LogP contribution in [0.2, 0.25) is 0 Å². The van der Waals surface area contributed by atoms with Crippen LogP contribution in [0.25, 0.3) is 0 Å². The van der Waals surface area contributed by atoms with Crippen LogP contribution in [0.5, 0.6) is 0 Å². The topological polar surface area (TPSA) is 0 Å². The molecule has 0 unspecified atom stereocenters. The summed E-state index contributed by atoms with van der Waals surface area (Å²) in [5.74, 6) is 0. The first kappa shape index (κ1) is 14.8. The van der Waals surface area contributed by atoms with E-state index in [2.05, 4.69) is 47.2 Å². The fraction of sp³-hybridized carbons (Fsp3) is 0.625. The van der Waals surface area contributed by atoms with Crippen LogP contribution in [-0.2, 0) is 6.42 Å². The maximum atomic E-state index is 3.15. The SMILES string of the molecule is CCCCCCCCCCc1ccccc1[Se]. The molecule has 1 radical (unpaired) electrons. The Bertz CT molecular complexity index is 293. The van der Waals surface area contributed by atoms with Gasteiger partial charge in [-0.15, -0.1) is 0 Å². The van der Waals surface area contributed by atoms with E-state index in [1.807, 2.05) is 0 Å². The van der Waals surface area contributed by atoms with Gasteiger partial charge in [0.15, 0.2) is 0 Å². The Hall–Kier alpha value is -0.261. The monoisotopic (exact) mass is 297 g/mol. The average molecular weight is 296 g/mol. The van der Waals surface area contributed by atoms with Gasteiger partial charge < -0.3 is 0 Å². The van der Waals surface area contributed by atoms with E-state index in [1.54, 1.807) is 0 Å². The molecule has 0 saturated heterocycles. The fourth-order valence-corrected chi connectivity index (χ4v) is 2.68. The van der Waals surface area contributed by atoms with Gasteiger partial charge in [-0.3, -0.25) is 0 Å². The predicted molar refractivity (Wildman–Crippen MR) is 78.1 cm³/mol. The second-order valence-corrected chi connectivity index (χ2v) is 5.76. The summed E-state index contributed by atoms with van der Waals surface area (Å²) >= 11 is 3.15. The quantitative estimate of drug-likeness (QED) is 0.474. The van der Waals surface area contributed by atoms with Gasteiger partial charge in [0.25, 0.3) is 0 Å². The molecule has 0 N–H and O–H groups in total. The molecular weight excluding hydrogens is 271 g/mol. The van der Waals surface area contributed by atoms with Crippen molar-refractivity contribution in [2.45, 2.75) is 64.7 Å². The second kappa shape index (κ2) is 9.74. The van der Waals surface area contributed by atoms with Crippen LogP contribution in [0.1, 0.15) is 63.9 Å². The number of hydrogen-bond donors (Lipinski definition) is 0. The van der Waals surface area contributed by atoms with Gasteiger partial charge in [0, 0.05) is 0 Å². The predicted octanol–water partition coefficient (Wildman–Crippen LogP) is 4.16. The number of hydrogen-bond acceptors (Lipinski definition) is 0. The molecule has 0 aliphatic carbocycles. The van der Waals surface area contributed by atoms with Crippen molar-refractivity contribution in [3.8, 4) is 0 Å². The first-order chi connectivity index (χ1) is 8.34. The van der Waals surface area contributed by atoms with Gasteiger partial charge in [-0.1, -0.05) is 0 Å². The van der Waals surface area contributed by atoms with Crippen LogP contribution in [0, 0.1) is 0 Å². The van der Waals surface area contributed by atoms with E-state index < -0.39 is 0 Å². The zero-order valence-electron chi connectivity index (χ0n) is 11.1. The van der Waals surface area contributed by atoms with E-state index in [1.165, 1.54) is 67.8 Å². The van der Waals surface area contributed by atoms with Gasteiger partial charge >= 0.3 is 115 Å². The molecule has 0 aliphatic rings. The minimum absolute atomic E-state index is 1.23. The van der Waals surface area contributed by atoms with Crippen molar-refractivity contribution in [2.75, 3.05) is 0 Å². The summed E-state index contributed by atoms with van der Waals surface area (Å²) in [5, 5.41) is 0. The van der Waals surface area contributed by atoms with Gasteiger partial charge in [-0.2, -0.15) is 0 Å².